The molecule has 1 aromatic heterocycles. The summed E-state index contributed by atoms with van der Waals surface area (Å²) < 4.78 is 6.50. The molecule has 0 bridgehead atoms. The van der Waals surface area contributed by atoms with E-state index in [0.717, 1.165) is 0 Å². The zero-order chi connectivity index (χ0) is 19.7. The Morgan fingerprint density at radius 3 is 2.67 bits per heavy atom. The Morgan fingerprint density at radius 1 is 1.26 bits per heavy atom. The van der Waals surface area contributed by atoms with E-state index < -0.39 is 11.8 Å². The summed E-state index contributed by atoms with van der Waals surface area (Å²) >= 11 is 5.99. The maximum atomic E-state index is 12.7. The Labute approximate surface area is 160 Å². The number of carbonyl (C=O) groups excluding carboxylic acids is 2. The Bertz CT molecular complexity index is 1040. The first-order valence-corrected chi connectivity index (χ1v) is 8.27. The lowest BCUT2D eigenvalue weighted by Gasteiger charge is -2.13. The second-order valence-electron chi connectivity index (χ2n) is 5.77. The number of rotatable bonds is 3. The first kappa shape index (κ1) is 18.5. The molecule has 27 heavy (non-hydrogen) atoms. The van der Waals surface area contributed by atoms with Crippen LogP contribution in [0.25, 0.3) is 0 Å². The number of carbonyl (C=O) groups is 2. The van der Waals surface area contributed by atoms with E-state index in [1.807, 2.05) is 0 Å². The van der Waals surface area contributed by atoms with Crippen LogP contribution in [0.5, 0.6) is 5.75 Å². The van der Waals surface area contributed by atoms with Crippen molar-refractivity contribution in [3.8, 4) is 5.75 Å². The molecule has 0 saturated carbocycles. The lowest BCUT2D eigenvalue weighted by atomic mass is 10.2. The molecule has 1 N–H and O–H groups in total. The Kier molecular flexibility index (Phi) is 4.91. The van der Waals surface area contributed by atoms with Crippen LogP contribution in [-0.2, 0) is 4.79 Å². The van der Waals surface area contributed by atoms with Crippen molar-refractivity contribution < 1.29 is 14.3 Å². The van der Waals surface area contributed by atoms with Gasteiger partial charge in [0.1, 0.15) is 11.6 Å². The van der Waals surface area contributed by atoms with E-state index in [2.05, 4.69) is 27.0 Å². The van der Waals surface area contributed by atoms with Crippen LogP contribution in [0.15, 0.2) is 46.4 Å². The zero-order valence-corrected chi connectivity index (χ0v) is 15.7. The fourth-order valence-electron chi connectivity index (χ4n) is 2.43. The van der Waals surface area contributed by atoms with Crippen LogP contribution in [0.3, 0.4) is 0 Å². The zero-order valence-electron chi connectivity index (χ0n) is 14.9. The summed E-state index contributed by atoms with van der Waals surface area (Å²) in [6, 6.07) is 6.36. The summed E-state index contributed by atoms with van der Waals surface area (Å²) in [4.78, 5) is 32.8. The standard InChI is InChI=1S/C18H16ClN5O3/c1-9-7-15(21-17(26)13-8-12(19)5-6-14(13)27-4)24(23-9)18-20-11(3)10(2)16(25)22-18/h5-8H,2H2,1,3-4H3,(H,21,26). The highest BCUT2D eigenvalue weighted by Gasteiger charge is 2.22. The van der Waals surface area contributed by atoms with Gasteiger partial charge in [0.15, 0.2) is 0 Å². The van der Waals surface area contributed by atoms with Gasteiger partial charge < -0.3 is 10.1 Å². The molecule has 1 aliphatic heterocycles. The highest BCUT2D eigenvalue weighted by Crippen LogP contribution is 2.24. The molecule has 3 rings (SSSR count). The molecular formula is C18H16ClN5O3. The largest absolute Gasteiger partial charge is 0.496 e. The third kappa shape index (κ3) is 3.65. The minimum atomic E-state index is -0.501. The predicted octanol–water partition coefficient (Wildman–Crippen LogP) is 2.87. The van der Waals surface area contributed by atoms with E-state index in [9.17, 15) is 9.59 Å². The molecule has 0 aliphatic carbocycles. The smallest absolute Gasteiger partial charge is 0.281 e. The number of benzene rings is 1. The van der Waals surface area contributed by atoms with Gasteiger partial charge in [0, 0.05) is 11.1 Å². The van der Waals surface area contributed by atoms with Gasteiger partial charge >= 0.3 is 0 Å². The molecule has 9 heteroatoms. The molecule has 0 unspecified atom stereocenters. The van der Waals surface area contributed by atoms with Crippen LogP contribution in [0.2, 0.25) is 5.02 Å². The second-order valence-corrected chi connectivity index (χ2v) is 6.21. The van der Waals surface area contributed by atoms with E-state index in [4.69, 9.17) is 16.3 Å². The normalized spacial score (nSPS) is 13.9. The quantitative estimate of drug-likeness (QED) is 0.821. The van der Waals surface area contributed by atoms with Gasteiger partial charge in [-0.25, -0.2) is 4.99 Å². The Morgan fingerprint density at radius 2 is 2.00 bits per heavy atom. The molecule has 2 aromatic rings. The maximum Gasteiger partial charge on any atom is 0.281 e. The van der Waals surface area contributed by atoms with Gasteiger partial charge in [0.2, 0.25) is 0 Å². The number of hydrogen-bond donors (Lipinski definition) is 1. The van der Waals surface area contributed by atoms with Crippen LogP contribution in [0.1, 0.15) is 23.0 Å². The van der Waals surface area contributed by atoms with Gasteiger partial charge in [-0.2, -0.15) is 14.8 Å². The van der Waals surface area contributed by atoms with Crippen LogP contribution in [0, 0.1) is 6.92 Å². The lowest BCUT2D eigenvalue weighted by molar-refractivity contribution is -0.113. The van der Waals surface area contributed by atoms with Crippen molar-refractivity contribution >= 4 is 40.9 Å². The fourth-order valence-corrected chi connectivity index (χ4v) is 2.60. The van der Waals surface area contributed by atoms with Crippen LogP contribution in [-0.4, -0.2) is 40.4 Å². The molecule has 0 fully saturated rings. The van der Waals surface area contributed by atoms with Crippen LogP contribution < -0.4 is 10.1 Å². The molecule has 2 amide bonds. The number of aromatic nitrogens is 2. The Hall–Kier alpha value is -3.26. The molecule has 1 aromatic carbocycles. The molecule has 1 aliphatic rings. The van der Waals surface area contributed by atoms with E-state index >= 15 is 0 Å². The number of aryl methyl sites for hydroxylation is 1. The first-order valence-electron chi connectivity index (χ1n) is 7.89. The second kappa shape index (κ2) is 7.16. The van der Waals surface area contributed by atoms with Crippen molar-refractivity contribution in [2.45, 2.75) is 13.8 Å². The number of amides is 2. The molecule has 138 valence electrons. The molecular weight excluding hydrogens is 370 g/mol. The molecule has 0 atom stereocenters. The molecule has 0 saturated heterocycles. The van der Waals surface area contributed by atoms with Gasteiger partial charge in [-0.3, -0.25) is 9.59 Å². The highest BCUT2D eigenvalue weighted by molar-refractivity contribution is 6.31. The molecule has 8 nitrogen and oxygen atoms in total. The lowest BCUT2D eigenvalue weighted by Crippen LogP contribution is -2.25. The monoisotopic (exact) mass is 385 g/mol. The third-order valence-electron chi connectivity index (χ3n) is 3.83. The van der Waals surface area contributed by atoms with E-state index in [1.165, 1.54) is 17.9 Å². The van der Waals surface area contributed by atoms with E-state index in [-0.39, 0.29) is 17.1 Å². The summed E-state index contributed by atoms with van der Waals surface area (Å²) in [5.74, 6) is -0.237. The van der Waals surface area contributed by atoms with Gasteiger partial charge in [-0.05, 0) is 32.0 Å². The molecule has 0 radical (unpaired) electrons. The summed E-state index contributed by atoms with van der Waals surface area (Å²) in [7, 11) is 1.46. The van der Waals surface area contributed by atoms with Crippen LogP contribution >= 0.6 is 11.6 Å². The number of hydrogen-bond acceptors (Lipinski definition) is 5. The van der Waals surface area contributed by atoms with Crippen molar-refractivity contribution in [3.05, 3.63) is 52.7 Å². The van der Waals surface area contributed by atoms with Crippen molar-refractivity contribution in [1.82, 2.24) is 9.78 Å². The number of methoxy groups -OCH3 is 1. The SMILES string of the molecule is C=C1C(=O)N=C(n2nc(C)cc2NC(=O)c2cc(Cl)ccc2OC)N=C1C. The van der Waals surface area contributed by atoms with E-state index in [1.54, 1.807) is 32.0 Å². The summed E-state index contributed by atoms with van der Waals surface area (Å²) in [6.45, 7) is 7.03. The number of aliphatic imine (C=N–C) groups is 2. The van der Waals surface area contributed by atoms with Gasteiger partial charge in [-0.15, -0.1) is 0 Å². The molecule has 0 spiro atoms. The Balaban J connectivity index is 1.97. The predicted molar refractivity (Wildman–Crippen MR) is 103 cm³/mol. The molecule has 2 heterocycles. The minimum Gasteiger partial charge on any atom is -0.496 e. The average Bonchev–Trinajstić information content (AvgIpc) is 2.99. The van der Waals surface area contributed by atoms with Gasteiger partial charge in [0.25, 0.3) is 17.8 Å². The highest BCUT2D eigenvalue weighted by atomic mass is 35.5. The number of nitrogens with one attached hydrogen (secondary N) is 1. The third-order valence-corrected chi connectivity index (χ3v) is 4.07. The summed E-state index contributed by atoms with van der Waals surface area (Å²) in [5.41, 5.74) is 1.52. The van der Waals surface area contributed by atoms with Gasteiger partial charge in [0.05, 0.1) is 29.7 Å². The number of ether oxygens (including phenoxy) is 1. The van der Waals surface area contributed by atoms with Gasteiger partial charge in [-0.1, -0.05) is 18.2 Å². The van der Waals surface area contributed by atoms with Crippen molar-refractivity contribution in [3.63, 3.8) is 0 Å². The number of nitrogens with zero attached hydrogens (tertiary/aromatic N) is 4. The minimum absolute atomic E-state index is 0.0476. The number of anilines is 1. The van der Waals surface area contributed by atoms with Crippen molar-refractivity contribution in [1.29, 1.82) is 0 Å². The van der Waals surface area contributed by atoms with Crippen molar-refractivity contribution in [2.75, 3.05) is 12.4 Å². The first-order chi connectivity index (χ1) is 12.8. The van der Waals surface area contributed by atoms with Crippen molar-refractivity contribution in [2.24, 2.45) is 9.98 Å². The van der Waals surface area contributed by atoms with E-state index in [0.29, 0.717) is 28.0 Å². The summed E-state index contributed by atoms with van der Waals surface area (Å²) in [6.07, 6.45) is 0. The maximum absolute atomic E-state index is 12.7. The summed E-state index contributed by atoms with van der Waals surface area (Å²) in [5, 5.41) is 7.38. The van der Waals surface area contributed by atoms with Crippen LogP contribution in [0.4, 0.5) is 5.82 Å². The average molecular weight is 386 g/mol. The number of halogens is 1. The topological polar surface area (TPSA) is 97.9 Å². The fraction of sp³-hybridized carbons (Fsp3) is 0.167.